The minimum Gasteiger partial charge on any atom is -0.309 e. The Labute approximate surface area is 109 Å². The van der Waals surface area contributed by atoms with Crippen molar-refractivity contribution in [1.82, 2.24) is 0 Å². The van der Waals surface area contributed by atoms with E-state index in [0.29, 0.717) is 19.8 Å². The van der Waals surface area contributed by atoms with Gasteiger partial charge in [-0.1, -0.05) is 18.2 Å². The fraction of sp³-hybridized carbons (Fsp3) is 0.571. The number of nitrogens with zero attached hydrogens (tertiary/aromatic N) is 1. The van der Waals surface area contributed by atoms with Crippen LogP contribution in [0.1, 0.15) is 20.8 Å². The van der Waals surface area contributed by atoms with E-state index in [1.54, 1.807) is 0 Å². The molecule has 1 aromatic rings. The SMILES string of the molecule is CCOC(OCC)(OCC)N(C)c1ccccc1. The van der Waals surface area contributed by atoms with Gasteiger partial charge in [-0.05, 0) is 32.9 Å². The summed E-state index contributed by atoms with van der Waals surface area (Å²) in [6.07, 6.45) is -1.15. The second kappa shape index (κ2) is 7.36. The van der Waals surface area contributed by atoms with Crippen molar-refractivity contribution in [2.24, 2.45) is 0 Å². The molecule has 0 heterocycles. The van der Waals surface area contributed by atoms with Crippen LogP contribution >= 0.6 is 0 Å². The van der Waals surface area contributed by atoms with E-state index in [9.17, 15) is 0 Å². The molecule has 0 atom stereocenters. The van der Waals surface area contributed by atoms with Crippen molar-refractivity contribution >= 4 is 5.69 Å². The van der Waals surface area contributed by atoms with Gasteiger partial charge in [0.1, 0.15) is 0 Å². The lowest BCUT2D eigenvalue weighted by atomic mass is 10.3. The molecule has 0 aliphatic heterocycles. The van der Waals surface area contributed by atoms with Crippen LogP contribution in [0.5, 0.6) is 0 Å². The zero-order valence-corrected chi connectivity index (χ0v) is 11.7. The van der Waals surface area contributed by atoms with Crippen molar-refractivity contribution in [3.63, 3.8) is 0 Å². The molecule has 0 fully saturated rings. The van der Waals surface area contributed by atoms with Gasteiger partial charge in [0.05, 0.1) is 19.8 Å². The van der Waals surface area contributed by atoms with Crippen LogP contribution in [0.2, 0.25) is 0 Å². The molecule has 0 spiro atoms. The van der Waals surface area contributed by atoms with E-state index in [4.69, 9.17) is 14.2 Å². The summed E-state index contributed by atoms with van der Waals surface area (Å²) < 4.78 is 17.1. The van der Waals surface area contributed by atoms with Gasteiger partial charge in [-0.25, -0.2) is 0 Å². The van der Waals surface area contributed by atoms with Crippen LogP contribution in [-0.2, 0) is 14.2 Å². The predicted octanol–water partition coefficient (Wildman–Crippen LogP) is 2.84. The summed E-state index contributed by atoms with van der Waals surface area (Å²) in [4.78, 5) is 1.86. The minimum atomic E-state index is -1.15. The third-order valence-corrected chi connectivity index (χ3v) is 2.53. The van der Waals surface area contributed by atoms with E-state index >= 15 is 0 Å². The molecular formula is C14H23NO3. The zero-order chi connectivity index (χ0) is 13.4. The van der Waals surface area contributed by atoms with Crippen LogP contribution in [-0.4, -0.2) is 33.0 Å². The number of hydrogen-bond acceptors (Lipinski definition) is 4. The lowest BCUT2D eigenvalue weighted by Crippen LogP contribution is -2.53. The third kappa shape index (κ3) is 3.45. The quantitative estimate of drug-likeness (QED) is 0.667. The third-order valence-electron chi connectivity index (χ3n) is 2.53. The maximum absolute atomic E-state index is 5.71. The first-order chi connectivity index (χ1) is 8.70. The number of benzene rings is 1. The molecule has 0 saturated carbocycles. The molecule has 0 aliphatic rings. The van der Waals surface area contributed by atoms with Gasteiger partial charge in [0.2, 0.25) is 0 Å². The molecule has 0 saturated heterocycles. The summed E-state index contributed by atoms with van der Waals surface area (Å²) in [6.45, 7) is 7.30. The zero-order valence-electron chi connectivity index (χ0n) is 11.7. The van der Waals surface area contributed by atoms with E-state index < -0.39 is 6.10 Å². The predicted molar refractivity (Wildman–Crippen MR) is 72.5 cm³/mol. The van der Waals surface area contributed by atoms with Crippen LogP contribution in [0.25, 0.3) is 0 Å². The van der Waals surface area contributed by atoms with E-state index in [1.165, 1.54) is 0 Å². The molecule has 0 unspecified atom stereocenters. The lowest BCUT2D eigenvalue weighted by molar-refractivity contribution is -0.374. The molecule has 4 heteroatoms. The molecule has 0 N–H and O–H groups in total. The molecule has 0 radical (unpaired) electrons. The molecule has 0 bridgehead atoms. The van der Waals surface area contributed by atoms with Crippen molar-refractivity contribution in [2.45, 2.75) is 26.9 Å². The Balaban J connectivity index is 2.99. The van der Waals surface area contributed by atoms with Crippen LogP contribution in [0.15, 0.2) is 30.3 Å². The normalized spacial score (nSPS) is 11.6. The molecule has 0 aromatic heterocycles. The van der Waals surface area contributed by atoms with Gasteiger partial charge in [-0.3, -0.25) is 4.90 Å². The van der Waals surface area contributed by atoms with E-state index in [-0.39, 0.29) is 0 Å². The van der Waals surface area contributed by atoms with Crippen LogP contribution in [0, 0.1) is 0 Å². The highest BCUT2D eigenvalue weighted by molar-refractivity contribution is 5.45. The first kappa shape index (κ1) is 15.0. The average molecular weight is 253 g/mol. The van der Waals surface area contributed by atoms with E-state index in [2.05, 4.69) is 0 Å². The van der Waals surface area contributed by atoms with Gasteiger partial charge in [-0.2, -0.15) is 0 Å². The topological polar surface area (TPSA) is 30.9 Å². The van der Waals surface area contributed by atoms with E-state index in [1.807, 2.05) is 63.1 Å². The van der Waals surface area contributed by atoms with Crippen molar-refractivity contribution in [3.05, 3.63) is 30.3 Å². The Morgan fingerprint density at radius 3 is 1.72 bits per heavy atom. The first-order valence-corrected chi connectivity index (χ1v) is 6.40. The molecule has 102 valence electrons. The highest BCUT2D eigenvalue weighted by atomic mass is 16.9. The Kier molecular flexibility index (Phi) is 6.12. The standard InChI is InChI=1S/C14H23NO3/c1-5-16-14(17-6-2,18-7-3)15(4)13-11-9-8-10-12-13/h8-12H,5-7H2,1-4H3. The highest BCUT2D eigenvalue weighted by Crippen LogP contribution is 2.26. The van der Waals surface area contributed by atoms with Crippen molar-refractivity contribution < 1.29 is 14.2 Å². The van der Waals surface area contributed by atoms with Crippen LogP contribution in [0.4, 0.5) is 5.69 Å². The lowest BCUT2D eigenvalue weighted by Gasteiger charge is -2.40. The van der Waals surface area contributed by atoms with Crippen molar-refractivity contribution in [2.75, 3.05) is 31.8 Å². The van der Waals surface area contributed by atoms with Crippen LogP contribution < -0.4 is 4.90 Å². The second-order valence-electron chi connectivity index (χ2n) is 3.72. The van der Waals surface area contributed by atoms with Gasteiger partial charge in [0.25, 0.3) is 0 Å². The van der Waals surface area contributed by atoms with E-state index in [0.717, 1.165) is 5.69 Å². The fourth-order valence-electron chi connectivity index (χ4n) is 1.77. The Bertz CT molecular complexity index is 312. The maximum Gasteiger partial charge on any atom is 0.377 e. The molecular weight excluding hydrogens is 230 g/mol. The van der Waals surface area contributed by atoms with Gasteiger partial charge < -0.3 is 14.2 Å². The number of ether oxygens (including phenoxy) is 3. The largest absolute Gasteiger partial charge is 0.377 e. The highest BCUT2D eigenvalue weighted by Gasteiger charge is 2.38. The molecule has 0 aliphatic carbocycles. The summed E-state index contributed by atoms with van der Waals surface area (Å²) in [7, 11) is 1.90. The molecule has 0 amide bonds. The molecule has 18 heavy (non-hydrogen) atoms. The van der Waals surface area contributed by atoms with Gasteiger partial charge >= 0.3 is 6.10 Å². The Morgan fingerprint density at radius 2 is 1.33 bits per heavy atom. The monoisotopic (exact) mass is 253 g/mol. The first-order valence-electron chi connectivity index (χ1n) is 6.40. The van der Waals surface area contributed by atoms with Gasteiger partial charge in [0, 0.05) is 12.7 Å². The molecule has 1 rings (SSSR count). The Morgan fingerprint density at radius 1 is 0.889 bits per heavy atom. The fourth-order valence-corrected chi connectivity index (χ4v) is 1.77. The van der Waals surface area contributed by atoms with Gasteiger partial charge in [0.15, 0.2) is 0 Å². The Hall–Kier alpha value is -1.10. The number of rotatable bonds is 8. The summed E-state index contributed by atoms with van der Waals surface area (Å²) in [5.41, 5.74) is 0.979. The second-order valence-corrected chi connectivity index (χ2v) is 3.72. The molecule has 1 aromatic carbocycles. The number of hydrogen-bond donors (Lipinski definition) is 0. The minimum absolute atomic E-state index is 0.511. The summed E-state index contributed by atoms with van der Waals surface area (Å²) in [6, 6.07) is 9.90. The smallest absolute Gasteiger partial charge is 0.309 e. The summed E-state index contributed by atoms with van der Waals surface area (Å²) in [5, 5.41) is 0. The van der Waals surface area contributed by atoms with Crippen molar-refractivity contribution in [3.8, 4) is 0 Å². The number of para-hydroxylation sites is 1. The summed E-state index contributed by atoms with van der Waals surface area (Å²) in [5.74, 6) is 0. The van der Waals surface area contributed by atoms with Crippen molar-refractivity contribution in [1.29, 1.82) is 0 Å². The van der Waals surface area contributed by atoms with Gasteiger partial charge in [-0.15, -0.1) is 0 Å². The molecule has 4 nitrogen and oxygen atoms in total. The average Bonchev–Trinajstić information content (AvgIpc) is 2.39. The summed E-state index contributed by atoms with van der Waals surface area (Å²) >= 11 is 0. The van der Waals surface area contributed by atoms with Crippen LogP contribution in [0.3, 0.4) is 0 Å². The number of anilines is 1. The maximum atomic E-state index is 5.71.